The molecule has 0 spiro atoms. The highest BCUT2D eigenvalue weighted by Crippen LogP contribution is 2.36. The predicted octanol–water partition coefficient (Wildman–Crippen LogP) is 2.26. The number of aromatic nitrogens is 3. The van der Waals surface area contributed by atoms with Crippen molar-refractivity contribution in [2.24, 2.45) is 0 Å². The first-order valence-electron chi connectivity index (χ1n) is 7.92. The Bertz CT molecular complexity index is 863. The minimum absolute atomic E-state index is 0.0744. The highest BCUT2D eigenvalue weighted by atomic mass is 32.2. The van der Waals surface area contributed by atoms with Crippen LogP contribution in [-0.2, 0) is 11.3 Å². The maximum Gasteiger partial charge on any atom is 0.236 e. The normalized spacial score (nSPS) is 19.1. The van der Waals surface area contributed by atoms with Gasteiger partial charge in [-0.15, -0.1) is 10.2 Å². The van der Waals surface area contributed by atoms with Crippen LogP contribution in [0.4, 0.5) is 0 Å². The van der Waals surface area contributed by atoms with E-state index in [0.29, 0.717) is 11.7 Å². The van der Waals surface area contributed by atoms with Gasteiger partial charge in [0.15, 0.2) is 0 Å². The van der Waals surface area contributed by atoms with Crippen molar-refractivity contribution >= 4 is 17.7 Å². The van der Waals surface area contributed by atoms with Crippen LogP contribution in [0.15, 0.2) is 58.3 Å². The molecular weight excluding hydrogens is 338 g/mol. The number of thioether (sulfide) groups is 1. The summed E-state index contributed by atoms with van der Waals surface area (Å²) in [6.45, 7) is 2.24. The van der Waals surface area contributed by atoms with Gasteiger partial charge in [-0.1, -0.05) is 42.1 Å². The molecule has 8 heteroatoms. The van der Waals surface area contributed by atoms with Gasteiger partial charge in [0.2, 0.25) is 11.1 Å². The van der Waals surface area contributed by atoms with E-state index < -0.39 is 0 Å². The molecule has 0 saturated carbocycles. The van der Waals surface area contributed by atoms with Crippen LogP contribution in [0.2, 0.25) is 0 Å². The third-order valence-corrected chi connectivity index (χ3v) is 5.25. The summed E-state index contributed by atoms with van der Waals surface area (Å²) in [5.74, 6) is 1.41. The molecule has 1 aliphatic rings. The fourth-order valence-electron chi connectivity index (χ4n) is 2.76. The molecule has 2 aromatic heterocycles. The molecule has 0 bridgehead atoms. The molecule has 0 aliphatic carbocycles. The molecule has 7 nitrogen and oxygen atoms in total. The number of carbonyl (C=O) groups is 1. The second kappa shape index (κ2) is 6.64. The quantitative estimate of drug-likeness (QED) is 0.747. The van der Waals surface area contributed by atoms with Gasteiger partial charge in [-0.2, -0.15) is 0 Å². The average Bonchev–Trinajstić information content (AvgIpc) is 3.29. The van der Waals surface area contributed by atoms with Gasteiger partial charge in [0.05, 0.1) is 18.8 Å². The minimum Gasteiger partial charge on any atom is -0.467 e. The molecule has 0 fully saturated rings. The zero-order valence-corrected chi connectivity index (χ0v) is 14.4. The molecule has 3 aromatic rings. The van der Waals surface area contributed by atoms with Crippen molar-refractivity contribution in [2.45, 2.75) is 29.9 Å². The highest BCUT2D eigenvalue weighted by molar-refractivity contribution is 8.00. The summed E-state index contributed by atoms with van der Waals surface area (Å²) in [5, 5.41) is 11.5. The van der Waals surface area contributed by atoms with E-state index in [2.05, 4.69) is 20.9 Å². The SMILES string of the molecule is Cc1nnc2n1N[C@H](c1ccccc1)[C@H](C(=O)NCc1ccco1)S2. The van der Waals surface area contributed by atoms with Crippen LogP contribution < -0.4 is 10.7 Å². The third-order valence-electron chi connectivity index (χ3n) is 4.03. The van der Waals surface area contributed by atoms with Crippen molar-refractivity contribution in [3.8, 4) is 0 Å². The fourth-order valence-corrected chi connectivity index (χ4v) is 3.91. The molecule has 0 unspecified atom stereocenters. The summed E-state index contributed by atoms with van der Waals surface area (Å²) in [5.41, 5.74) is 4.41. The van der Waals surface area contributed by atoms with E-state index in [9.17, 15) is 4.79 Å². The van der Waals surface area contributed by atoms with Crippen LogP contribution in [0.25, 0.3) is 0 Å². The number of hydrogen-bond donors (Lipinski definition) is 2. The Hall–Kier alpha value is -2.74. The molecule has 0 radical (unpaired) electrons. The molecule has 2 atom stereocenters. The topological polar surface area (TPSA) is 85.0 Å². The van der Waals surface area contributed by atoms with Gasteiger partial charge in [0.1, 0.15) is 16.8 Å². The standard InChI is InChI=1S/C17H17N5O2S/c1-11-19-20-17-22(11)21-14(12-6-3-2-4-7-12)15(25-17)16(23)18-10-13-8-5-9-24-13/h2-9,14-15,21H,10H2,1H3,(H,18,23)/t14-,15-/m1/s1. The molecule has 25 heavy (non-hydrogen) atoms. The first-order valence-corrected chi connectivity index (χ1v) is 8.80. The summed E-state index contributed by atoms with van der Waals surface area (Å²) >= 11 is 1.41. The van der Waals surface area contributed by atoms with Gasteiger partial charge in [-0.3, -0.25) is 4.79 Å². The van der Waals surface area contributed by atoms with Gasteiger partial charge in [-0.25, -0.2) is 4.68 Å². The second-order valence-corrected chi connectivity index (χ2v) is 6.83. The summed E-state index contributed by atoms with van der Waals surface area (Å²) < 4.78 is 7.11. The summed E-state index contributed by atoms with van der Waals surface area (Å²) in [6, 6.07) is 13.4. The predicted molar refractivity (Wildman–Crippen MR) is 93.5 cm³/mol. The van der Waals surface area contributed by atoms with Crippen molar-refractivity contribution < 1.29 is 9.21 Å². The molecule has 0 saturated heterocycles. The minimum atomic E-state index is -0.367. The number of nitrogens with zero attached hydrogens (tertiary/aromatic N) is 3. The molecule has 1 amide bonds. The molecule has 1 aromatic carbocycles. The van der Waals surface area contributed by atoms with Crippen LogP contribution in [0.3, 0.4) is 0 Å². The molecule has 128 valence electrons. The number of amides is 1. The van der Waals surface area contributed by atoms with Crippen LogP contribution in [-0.4, -0.2) is 26.0 Å². The number of nitrogens with one attached hydrogen (secondary N) is 2. The van der Waals surface area contributed by atoms with Crippen molar-refractivity contribution in [2.75, 3.05) is 5.43 Å². The lowest BCUT2D eigenvalue weighted by Crippen LogP contribution is -2.43. The van der Waals surface area contributed by atoms with E-state index in [4.69, 9.17) is 4.42 Å². The fraction of sp³-hybridized carbons (Fsp3) is 0.235. The monoisotopic (exact) mass is 355 g/mol. The van der Waals surface area contributed by atoms with Crippen LogP contribution >= 0.6 is 11.8 Å². The maximum absolute atomic E-state index is 12.8. The maximum atomic E-state index is 12.8. The zero-order chi connectivity index (χ0) is 17.2. The Morgan fingerprint density at radius 1 is 1.28 bits per heavy atom. The molecular formula is C17H17N5O2S. The first-order chi connectivity index (χ1) is 12.2. The molecule has 1 aliphatic heterocycles. The lowest BCUT2D eigenvalue weighted by atomic mass is 10.0. The smallest absolute Gasteiger partial charge is 0.236 e. The van der Waals surface area contributed by atoms with E-state index in [-0.39, 0.29) is 17.2 Å². The van der Waals surface area contributed by atoms with Gasteiger partial charge >= 0.3 is 0 Å². The average molecular weight is 355 g/mol. The van der Waals surface area contributed by atoms with Crippen LogP contribution in [0.5, 0.6) is 0 Å². The summed E-state index contributed by atoms with van der Waals surface area (Å²) in [6.07, 6.45) is 1.59. The van der Waals surface area contributed by atoms with Crippen LogP contribution in [0.1, 0.15) is 23.2 Å². The van der Waals surface area contributed by atoms with Gasteiger partial charge in [0, 0.05) is 0 Å². The first kappa shape index (κ1) is 15.8. The molecule has 2 N–H and O–H groups in total. The Labute approximate surface area is 148 Å². The largest absolute Gasteiger partial charge is 0.467 e. The van der Waals surface area contributed by atoms with Gasteiger partial charge in [0.25, 0.3) is 0 Å². The Morgan fingerprint density at radius 2 is 2.12 bits per heavy atom. The van der Waals surface area contributed by atoms with E-state index in [1.165, 1.54) is 11.8 Å². The van der Waals surface area contributed by atoms with Gasteiger partial charge in [-0.05, 0) is 24.6 Å². The zero-order valence-electron chi connectivity index (χ0n) is 13.5. The Kier molecular flexibility index (Phi) is 4.19. The Balaban J connectivity index is 1.59. The number of carbonyl (C=O) groups excluding carboxylic acids is 1. The van der Waals surface area contributed by atoms with E-state index in [0.717, 1.165) is 17.1 Å². The van der Waals surface area contributed by atoms with E-state index in [1.807, 2.05) is 48.0 Å². The molecule has 3 heterocycles. The number of fused-ring (bicyclic) bond motifs is 1. The van der Waals surface area contributed by atoms with Gasteiger partial charge < -0.3 is 15.2 Å². The van der Waals surface area contributed by atoms with Crippen molar-refractivity contribution in [3.05, 3.63) is 65.9 Å². The van der Waals surface area contributed by atoms with E-state index in [1.54, 1.807) is 12.3 Å². The lowest BCUT2D eigenvalue weighted by Gasteiger charge is -2.32. The number of furan rings is 1. The Morgan fingerprint density at radius 3 is 2.88 bits per heavy atom. The summed E-state index contributed by atoms with van der Waals surface area (Å²) in [7, 11) is 0. The molecule has 4 rings (SSSR count). The number of aryl methyl sites for hydroxylation is 1. The van der Waals surface area contributed by atoms with Crippen molar-refractivity contribution in [1.82, 2.24) is 20.2 Å². The summed E-state index contributed by atoms with van der Waals surface area (Å²) in [4.78, 5) is 12.8. The number of rotatable bonds is 4. The second-order valence-electron chi connectivity index (χ2n) is 5.72. The highest BCUT2D eigenvalue weighted by Gasteiger charge is 2.37. The third kappa shape index (κ3) is 3.12. The van der Waals surface area contributed by atoms with Crippen LogP contribution in [0, 0.1) is 6.92 Å². The van der Waals surface area contributed by atoms with E-state index >= 15 is 0 Å². The van der Waals surface area contributed by atoms with Crippen molar-refractivity contribution in [3.63, 3.8) is 0 Å². The lowest BCUT2D eigenvalue weighted by molar-refractivity contribution is -0.121. The number of benzene rings is 1. The van der Waals surface area contributed by atoms with Crippen molar-refractivity contribution in [1.29, 1.82) is 0 Å². The number of hydrogen-bond acceptors (Lipinski definition) is 6.